The van der Waals surface area contributed by atoms with Crippen LogP contribution >= 0.6 is 0 Å². The van der Waals surface area contributed by atoms with E-state index < -0.39 is 5.82 Å². The van der Waals surface area contributed by atoms with Crippen molar-refractivity contribution in [2.45, 2.75) is 26.1 Å². The van der Waals surface area contributed by atoms with Crippen LogP contribution in [0.2, 0.25) is 0 Å². The number of nitrogens with zero attached hydrogens (tertiary/aromatic N) is 5. The van der Waals surface area contributed by atoms with Crippen LogP contribution in [0.1, 0.15) is 12.1 Å². The van der Waals surface area contributed by atoms with Gasteiger partial charge in [0.2, 0.25) is 5.91 Å². The molecule has 1 N–H and O–H groups in total. The van der Waals surface area contributed by atoms with Crippen molar-refractivity contribution in [3.63, 3.8) is 0 Å². The Kier molecular flexibility index (Phi) is 5.92. The van der Waals surface area contributed by atoms with Gasteiger partial charge in [0, 0.05) is 25.5 Å². The number of amides is 1. The molecule has 0 saturated heterocycles. The van der Waals surface area contributed by atoms with Crippen molar-refractivity contribution in [1.82, 2.24) is 29.9 Å². The van der Waals surface area contributed by atoms with Crippen molar-refractivity contribution in [3.8, 4) is 5.75 Å². The Morgan fingerprint density at radius 2 is 2.19 bits per heavy atom. The van der Waals surface area contributed by atoms with Crippen LogP contribution in [0.4, 0.5) is 4.39 Å². The summed E-state index contributed by atoms with van der Waals surface area (Å²) in [7, 11) is 0. The van der Waals surface area contributed by atoms with Gasteiger partial charge in [-0.2, -0.15) is 0 Å². The fourth-order valence-electron chi connectivity index (χ4n) is 2.31. The molecular formula is C17H19FN6O2. The molecule has 0 saturated carbocycles. The van der Waals surface area contributed by atoms with Crippen molar-refractivity contribution in [2.75, 3.05) is 6.54 Å². The predicted octanol–water partition coefficient (Wildman–Crippen LogP) is 1.40. The lowest BCUT2D eigenvalue weighted by Gasteiger charge is -2.05. The number of rotatable bonds is 9. The number of imidazole rings is 1. The molecular weight excluding hydrogens is 339 g/mol. The second-order valence-electron chi connectivity index (χ2n) is 5.63. The first-order valence-corrected chi connectivity index (χ1v) is 8.19. The number of benzene rings is 1. The molecule has 2 aromatic heterocycles. The van der Waals surface area contributed by atoms with Crippen LogP contribution < -0.4 is 10.1 Å². The van der Waals surface area contributed by atoms with E-state index in [9.17, 15) is 9.18 Å². The summed E-state index contributed by atoms with van der Waals surface area (Å²) in [5, 5.41) is 10.6. The van der Waals surface area contributed by atoms with Crippen LogP contribution in [0.5, 0.6) is 5.75 Å². The highest BCUT2D eigenvalue weighted by Crippen LogP contribution is 2.16. The van der Waals surface area contributed by atoms with Crippen molar-refractivity contribution in [3.05, 3.63) is 60.7 Å². The molecule has 0 aliphatic carbocycles. The summed E-state index contributed by atoms with van der Waals surface area (Å²) in [6, 6.07) is 6.14. The minimum atomic E-state index is -0.435. The molecule has 0 atom stereocenters. The monoisotopic (exact) mass is 358 g/mol. The quantitative estimate of drug-likeness (QED) is 0.584. The Bertz CT molecular complexity index is 833. The third-order valence-corrected chi connectivity index (χ3v) is 3.58. The Morgan fingerprint density at radius 3 is 3.00 bits per heavy atom. The van der Waals surface area contributed by atoms with E-state index >= 15 is 0 Å². The van der Waals surface area contributed by atoms with E-state index in [2.05, 4.69) is 20.6 Å². The van der Waals surface area contributed by atoms with Crippen molar-refractivity contribution in [2.24, 2.45) is 0 Å². The molecule has 3 rings (SSSR count). The van der Waals surface area contributed by atoms with Crippen molar-refractivity contribution >= 4 is 5.91 Å². The van der Waals surface area contributed by atoms with Crippen LogP contribution in [-0.4, -0.2) is 37.0 Å². The Morgan fingerprint density at radius 1 is 1.31 bits per heavy atom. The van der Waals surface area contributed by atoms with Crippen LogP contribution in [-0.2, 0) is 24.5 Å². The maximum atomic E-state index is 13.5. The van der Waals surface area contributed by atoms with Gasteiger partial charge in [-0.1, -0.05) is 17.3 Å². The molecule has 8 nitrogen and oxygen atoms in total. The molecule has 2 heterocycles. The van der Waals surface area contributed by atoms with E-state index in [1.165, 1.54) is 16.8 Å². The van der Waals surface area contributed by atoms with Crippen LogP contribution in [0.15, 0.2) is 49.2 Å². The van der Waals surface area contributed by atoms with Gasteiger partial charge in [-0.05, 0) is 18.6 Å². The van der Waals surface area contributed by atoms with Crippen molar-refractivity contribution < 1.29 is 13.9 Å². The number of carbonyl (C=O) groups is 1. The topological polar surface area (TPSA) is 86.9 Å². The van der Waals surface area contributed by atoms with Crippen LogP contribution in [0.25, 0.3) is 0 Å². The van der Waals surface area contributed by atoms with Gasteiger partial charge in [0.1, 0.15) is 18.8 Å². The largest absolute Gasteiger partial charge is 0.484 e. The van der Waals surface area contributed by atoms with Crippen molar-refractivity contribution in [1.29, 1.82) is 0 Å². The summed E-state index contributed by atoms with van der Waals surface area (Å²) in [6.07, 6.45) is 7.74. The Labute approximate surface area is 149 Å². The van der Waals surface area contributed by atoms with Gasteiger partial charge in [0.25, 0.3) is 0 Å². The molecule has 136 valence electrons. The lowest BCUT2D eigenvalue weighted by molar-refractivity contribution is -0.121. The lowest BCUT2D eigenvalue weighted by atomic mass is 10.3. The van der Waals surface area contributed by atoms with Gasteiger partial charge in [0.05, 0.1) is 12.5 Å². The van der Waals surface area contributed by atoms with Gasteiger partial charge < -0.3 is 14.6 Å². The van der Waals surface area contributed by atoms with E-state index in [1.807, 2.05) is 10.8 Å². The third-order valence-electron chi connectivity index (χ3n) is 3.58. The van der Waals surface area contributed by atoms with Crippen LogP contribution in [0.3, 0.4) is 0 Å². The van der Waals surface area contributed by atoms with E-state index in [0.29, 0.717) is 12.2 Å². The number of para-hydroxylation sites is 1. The third kappa shape index (κ3) is 5.13. The number of hydrogen-bond acceptors (Lipinski definition) is 5. The number of nitrogens with one attached hydrogen (secondary N) is 1. The smallest absolute Gasteiger partial charge is 0.241 e. The Hall–Kier alpha value is -3.23. The minimum Gasteiger partial charge on any atom is -0.484 e. The molecule has 0 aliphatic heterocycles. The average molecular weight is 358 g/mol. The fraction of sp³-hybridized carbons (Fsp3) is 0.294. The summed E-state index contributed by atoms with van der Waals surface area (Å²) in [6.45, 7) is 1.50. The van der Waals surface area contributed by atoms with Gasteiger partial charge in [-0.3, -0.25) is 4.79 Å². The zero-order valence-electron chi connectivity index (χ0n) is 14.1. The van der Waals surface area contributed by atoms with Crippen LogP contribution in [0, 0.1) is 5.82 Å². The lowest BCUT2D eigenvalue weighted by Crippen LogP contribution is -2.29. The first-order chi connectivity index (χ1) is 12.7. The van der Waals surface area contributed by atoms with Gasteiger partial charge >= 0.3 is 0 Å². The summed E-state index contributed by atoms with van der Waals surface area (Å²) in [4.78, 5) is 15.9. The summed E-state index contributed by atoms with van der Waals surface area (Å²) >= 11 is 0. The molecule has 0 bridgehead atoms. The number of ether oxygens (including phenoxy) is 1. The molecule has 26 heavy (non-hydrogen) atoms. The average Bonchev–Trinajstić information content (AvgIpc) is 3.30. The molecule has 1 amide bonds. The molecule has 1 aromatic carbocycles. The molecule has 0 fully saturated rings. The summed E-state index contributed by atoms with van der Waals surface area (Å²) in [5.41, 5.74) is 0.515. The Balaban J connectivity index is 1.38. The minimum absolute atomic E-state index is 0.0672. The van der Waals surface area contributed by atoms with Gasteiger partial charge in [-0.25, -0.2) is 14.1 Å². The molecule has 3 aromatic rings. The molecule has 0 spiro atoms. The van der Waals surface area contributed by atoms with Gasteiger partial charge in [-0.15, -0.1) is 5.10 Å². The first-order valence-electron chi connectivity index (χ1n) is 8.19. The standard InChI is InChI=1S/C17H19FN6O2/c18-15-4-1-2-5-16(15)26-12-14-10-24(22-21-14)11-17(25)20-6-3-8-23-9-7-19-13-23/h1-2,4-5,7,9-10,13H,3,6,8,11-12H2,(H,20,25). The second-order valence-corrected chi connectivity index (χ2v) is 5.63. The summed E-state index contributed by atoms with van der Waals surface area (Å²) < 4.78 is 22.2. The zero-order valence-corrected chi connectivity index (χ0v) is 14.1. The second kappa shape index (κ2) is 8.75. The highest BCUT2D eigenvalue weighted by Gasteiger charge is 2.08. The maximum absolute atomic E-state index is 13.5. The highest BCUT2D eigenvalue weighted by atomic mass is 19.1. The molecule has 0 radical (unpaired) electrons. The number of carbonyl (C=O) groups excluding carboxylic acids is 1. The number of hydrogen-bond donors (Lipinski definition) is 1. The summed E-state index contributed by atoms with van der Waals surface area (Å²) in [5.74, 6) is -0.435. The SMILES string of the molecule is O=C(Cn1cc(COc2ccccc2F)nn1)NCCCn1ccnc1. The van der Waals surface area contributed by atoms with Gasteiger partial charge in [0.15, 0.2) is 11.6 Å². The fourth-order valence-corrected chi connectivity index (χ4v) is 2.31. The van der Waals surface area contributed by atoms with E-state index in [-0.39, 0.29) is 24.8 Å². The highest BCUT2D eigenvalue weighted by molar-refractivity contribution is 5.75. The van der Waals surface area contributed by atoms with E-state index in [1.54, 1.807) is 30.9 Å². The molecule has 9 heteroatoms. The van der Waals surface area contributed by atoms with E-state index in [4.69, 9.17) is 4.74 Å². The normalized spacial score (nSPS) is 10.7. The predicted molar refractivity (Wildman–Crippen MR) is 90.6 cm³/mol. The zero-order chi connectivity index (χ0) is 18.2. The number of aromatic nitrogens is 5. The van der Waals surface area contributed by atoms with E-state index in [0.717, 1.165) is 13.0 Å². The number of aryl methyl sites for hydroxylation is 1. The molecule has 0 aliphatic rings. The number of halogens is 1. The molecule has 0 unspecified atom stereocenters. The first kappa shape index (κ1) is 17.6. The maximum Gasteiger partial charge on any atom is 0.241 e.